The van der Waals surface area contributed by atoms with Crippen LogP contribution in [0.3, 0.4) is 0 Å². The molecule has 4 heteroatoms. The summed E-state index contributed by atoms with van der Waals surface area (Å²) in [6.07, 6.45) is 0. The van der Waals surface area contributed by atoms with Crippen molar-refractivity contribution >= 4 is 51.4 Å². The zero-order valence-electron chi connectivity index (χ0n) is 1.43. The normalized spacial score (nSPS) is 0. The fourth-order valence-corrected chi connectivity index (χ4v) is 0. The van der Waals surface area contributed by atoms with E-state index in [0.717, 1.165) is 0 Å². The summed E-state index contributed by atoms with van der Waals surface area (Å²) in [4.78, 5) is 0. The molecule has 0 saturated carbocycles. The van der Waals surface area contributed by atoms with E-state index >= 15 is 0 Å². The smallest absolute Gasteiger partial charge is 0 e. The van der Waals surface area contributed by atoms with Gasteiger partial charge in [0.2, 0.25) is 0 Å². The molecule has 0 heterocycles. The SMILES string of the molecule is [Al].[Fe].[MgH2].[Si]. The van der Waals surface area contributed by atoms with Crippen molar-refractivity contribution in [1.82, 2.24) is 0 Å². The van der Waals surface area contributed by atoms with E-state index in [2.05, 4.69) is 0 Å². The van der Waals surface area contributed by atoms with E-state index in [-0.39, 0.29) is 68.4 Å². The van der Waals surface area contributed by atoms with Gasteiger partial charge in [-0.05, 0) is 0 Å². The molecule has 7 radical (unpaired) electrons. The van der Waals surface area contributed by atoms with Gasteiger partial charge in [-0.2, -0.15) is 0 Å². The Labute approximate surface area is 67.9 Å². The van der Waals surface area contributed by atoms with Crippen molar-refractivity contribution in [1.29, 1.82) is 0 Å². The molecule has 0 unspecified atom stereocenters. The van der Waals surface area contributed by atoms with Crippen LogP contribution in [0, 0.1) is 0 Å². The minimum atomic E-state index is 0. The van der Waals surface area contributed by atoms with Crippen molar-refractivity contribution in [3.63, 3.8) is 0 Å². The molecule has 0 saturated heterocycles. The number of hydrogen-bond acceptors (Lipinski definition) is 0. The molecule has 0 nitrogen and oxygen atoms in total. The average molecular weight is 137 g/mol. The Morgan fingerprint density at radius 1 is 1.00 bits per heavy atom. The minimum Gasteiger partial charge on any atom is 0 e. The molecular weight excluding hydrogens is 135 g/mol. The van der Waals surface area contributed by atoms with Gasteiger partial charge < -0.3 is 0 Å². The first-order valence-electron chi connectivity index (χ1n) is 0. The minimum absolute atomic E-state index is 0. The van der Waals surface area contributed by atoms with E-state index in [1.807, 2.05) is 0 Å². The molecule has 4 heavy (non-hydrogen) atoms. The van der Waals surface area contributed by atoms with Crippen LogP contribution >= 0.6 is 0 Å². The van der Waals surface area contributed by atoms with Gasteiger partial charge in [0.05, 0.1) is 0 Å². The predicted molar refractivity (Wildman–Crippen MR) is 20.1 cm³/mol. The first-order chi connectivity index (χ1) is 0. The molecule has 0 aromatic rings. The number of hydrogen-bond donors (Lipinski definition) is 0. The Bertz CT molecular complexity index is 8.00. The molecule has 0 amide bonds. The summed E-state index contributed by atoms with van der Waals surface area (Å²) in [5.41, 5.74) is 0. The van der Waals surface area contributed by atoms with Gasteiger partial charge in [-0.25, -0.2) is 0 Å². The average Bonchev–Trinajstić information content (AvgIpc) is 0. The van der Waals surface area contributed by atoms with Crippen molar-refractivity contribution in [3.8, 4) is 0 Å². The van der Waals surface area contributed by atoms with E-state index in [1.54, 1.807) is 0 Å². The van der Waals surface area contributed by atoms with Gasteiger partial charge in [-0.15, -0.1) is 0 Å². The van der Waals surface area contributed by atoms with Gasteiger partial charge in [0.25, 0.3) is 0 Å². The van der Waals surface area contributed by atoms with Crippen molar-refractivity contribution < 1.29 is 17.1 Å². The second-order valence-electron chi connectivity index (χ2n) is 0. The molecule has 19 valence electrons. The van der Waals surface area contributed by atoms with Gasteiger partial charge in [0.1, 0.15) is 0 Å². The maximum Gasteiger partial charge on any atom is 0.316 e. The fourth-order valence-electron chi connectivity index (χ4n) is 0. The Hall–Kier alpha value is 2.04. The Balaban J connectivity index is 0. The molecule has 0 aromatic heterocycles. The van der Waals surface area contributed by atoms with Gasteiger partial charge in [0.15, 0.2) is 0 Å². The molecule has 0 bridgehead atoms. The van der Waals surface area contributed by atoms with Gasteiger partial charge in [0, 0.05) is 45.4 Å². The largest absolute Gasteiger partial charge is 0.316 e. The fraction of sp³-hybridized carbons (Fsp3) is 0. The summed E-state index contributed by atoms with van der Waals surface area (Å²) in [6, 6.07) is 0. The molecule has 0 aromatic carbocycles. The second-order valence-corrected chi connectivity index (χ2v) is 0. The van der Waals surface area contributed by atoms with Crippen molar-refractivity contribution in [2.75, 3.05) is 0 Å². The number of rotatable bonds is 0. The molecule has 0 spiro atoms. The van der Waals surface area contributed by atoms with Gasteiger partial charge in [-0.1, -0.05) is 0 Å². The van der Waals surface area contributed by atoms with Crippen LogP contribution in [0.5, 0.6) is 0 Å². The van der Waals surface area contributed by atoms with E-state index in [4.69, 9.17) is 0 Å². The topological polar surface area (TPSA) is 0 Å². The van der Waals surface area contributed by atoms with Crippen LogP contribution in [-0.4, -0.2) is 51.4 Å². The summed E-state index contributed by atoms with van der Waals surface area (Å²) in [5.74, 6) is 0. The zero-order valence-corrected chi connectivity index (χ0v) is 4.69. The molecule has 0 rings (SSSR count). The molecule has 0 atom stereocenters. The van der Waals surface area contributed by atoms with Crippen LogP contribution in [0.2, 0.25) is 0 Å². The van der Waals surface area contributed by atoms with E-state index < -0.39 is 0 Å². The molecule has 0 N–H and O–H groups in total. The van der Waals surface area contributed by atoms with Crippen LogP contribution < -0.4 is 0 Å². The molecule has 0 aliphatic heterocycles. The van der Waals surface area contributed by atoms with E-state index in [0.29, 0.717) is 0 Å². The van der Waals surface area contributed by atoms with Crippen molar-refractivity contribution in [2.45, 2.75) is 0 Å². The second kappa shape index (κ2) is 19.8. The quantitative estimate of drug-likeness (QED) is 0.350. The van der Waals surface area contributed by atoms with E-state index in [1.165, 1.54) is 0 Å². The van der Waals surface area contributed by atoms with Crippen molar-refractivity contribution in [3.05, 3.63) is 0 Å². The molecule has 0 aliphatic carbocycles. The maximum atomic E-state index is 0. The molecular formula is H2AlFeMgSi. The predicted octanol–water partition coefficient (Wildman–Crippen LogP) is -1.68. The third kappa shape index (κ3) is 8.97. The standard InChI is InChI=1S/Al.Fe.Mg.Si.2H. The third-order valence-electron chi connectivity index (χ3n) is 0. The zero-order chi connectivity index (χ0) is 0. The van der Waals surface area contributed by atoms with Crippen LogP contribution in [0.15, 0.2) is 0 Å². The van der Waals surface area contributed by atoms with Crippen LogP contribution in [0.25, 0.3) is 0 Å². The monoisotopic (exact) mass is 137 g/mol. The Morgan fingerprint density at radius 2 is 1.00 bits per heavy atom. The third-order valence-corrected chi connectivity index (χ3v) is 0. The Kier molecular flexibility index (Phi) is 183. The van der Waals surface area contributed by atoms with Gasteiger partial charge in [-0.3, -0.25) is 0 Å². The molecule has 0 aliphatic rings. The molecule has 0 fully saturated rings. The first-order valence-corrected chi connectivity index (χ1v) is 0. The summed E-state index contributed by atoms with van der Waals surface area (Å²) in [7, 11) is 0. The van der Waals surface area contributed by atoms with Crippen molar-refractivity contribution in [2.24, 2.45) is 0 Å². The summed E-state index contributed by atoms with van der Waals surface area (Å²) in [6.45, 7) is 0. The van der Waals surface area contributed by atoms with E-state index in [9.17, 15) is 0 Å². The first kappa shape index (κ1) is 36.9. The summed E-state index contributed by atoms with van der Waals surface area (Å²) >= 11 is 0. The maximum absolute atomic E-state index is 0. The van der Waals surface area contributed by atoms with Crippen LogP contribution in [0.4, 0.5) is 0 Å². The van der Waals surface area contributed by atoms with Gasteiger partial charge >= 0.3 is 23.1 Å². The van der Waals surface area contributed by atoms with Crippen LogP contribution in [-0.2, 0) is 17.1 Å². The summed E-state index contributed by atoms with van der Waals surface area (Å²) < 4.78 is 0. The van der Waals surface area contributed by atoms with Crippen LogP contribution in [0.1, 0.15) is 0 Å². The Morgan fingerprint density at radius 3 is 1.00 bits per heavy atom. The summed E-state index contributed by atoms with van der Waals surface area (Å²) in [5, 5.41) is 0.